The highest BCUT2D eigenvalue weighted by Gasteiger charge is 2.32. The van der Waals surface area contributed by atoms with Crippen LogP contribution in [0.2, 0.25) is 0 Å². The molecule has 3 aliphatic heterocycles. The average molecular weight is 944 g/mol. The number of benzene rings is 5. The Kier molecular flexibility index (Phi) is 24.4. The summed E-state index contributed by atoms with van der Waals surface area (Å²) >= 11 is 0. The summed E-state index contributed by atoms with van der Waals surface area (Å²) in [4.78, 5) is 34.2. The van der Waals surface area contributed by atoms with E-state index in [1.54, 1.807) is 0 Å². The molecule has 69 heavy (non-hydrogen) atoms. The summed E-state index contributed by atoms with van der Waals surface area (Å²) in [5.41, 5.74) is 12.8. The fraction of sp³-hybridized carbons (Fsp3) is 0.441. The van der Waals surface area contributed by atoms with Gasteiger partial charge in [0.15, 0.2) is 0 Å². The van der Waals surface area contributed by atoms with Crippen LogP contribution in [0.25, 0.3) is 0 Å². The van der Waals surface area contributed by atoms with Crippen LogP contribution in [0.1, 0.15) is 134 Å². The van der Waals surface area contributed by atoms with E-state index in [-0.39, 0.29) is 29.6 Å². The summed E-state index contributed by atoms with van der Waals surface area (Å²) in [5.74, 6) is -2.50. The highest BCUT2D eigenvalue weighted by molar-refractivity contribution is 5.77. The van der Waals surface area contributed by atoms with Gasteiger partial charge in [-0.2, -0.15) is 0 Å². The summed E-state index contributed by atoms with van der Waals surface area (Å²) in [5, 5.41) is 30.1. The number of aryl methyl sites for hydroxylation is 3. The summed E-state index contributed by atoms with van der Waals surface area (Å²) in [7, 11) is 0. The maximum atomic E-state index is 11.4. The first-order chi connectivity index (χ1) is 33.2. The highest BCUT2D eigenvalue weighted by Crippen LogP contribution is 2.34. The van der Waals surface area contributed by atoms with Gasteiger partial charge in [-0.15, -0.1) is 0 Å². The first-order valence-corrected chi connectivity index (χ1v) is 24.7. The van der Waals surface area contributed by atoms with E-state index in [4.69, 9.17) is 14.2 Å². The molecule has 3 saturated heterocycles. The van der Waals surface area contributed by atoms with Crippen molar-refractivity contribution < 1.29 is 49.6 Å². The molecule has 3 heterocycles. The van der Waals surface area contributed by atoms with Crippen molar-refractivity contribution in [2.45, 2.75) is 110 Å². The molecule has 5 aromatic carbocycles. The van der Waals surface area contributed by atoms with E-state index in [0.717, 1.165) is 71.9 Å². The van der Waals surface area contributed by atoms with Crippen molar-refractivity contribution in [1.29, 1.82) is 0 Å². The summed E-state index contributed by atoms with van der Waals surface area (Å²) in [6.07, 6.45) is 4.95. The number of carbonyl (C=O) groups is 3. The van der Waals surface area contributed by atoms with Gasteiger partial charge in [-0.3, -0.25) is 9.59 Å². The first kappa shape index (κ1) is 55.9. The lowest BCUT2D eigenvalue weighted by Gasteiger charge is -2.31. The second-order valence-electron chi connectivity index (χ2n) is 18.9. The van der Waals surface area contributed by atoms with Crippen LogP contribution >= 0.6 is 0 Å². The number of carboxylic acid groups (broad SMARTS) is 3. The fourth-order valence-corrected chi connectivity index (χ4v) is 8.92. The van der Waals surface area contributed by atoms with Gasteiger partial charge in [0.25, 0.3) is 0 Å². The molecule has 10 heteroatoms. The predicted octanol–water partition coefficient (Wildman–Crippen LogP) is 10.2. The second-order valence-corrected chi connectivity index (χ2v) is 18.9. The van der Waals surface area contributed by atoms with Gasteiger partial charge in [0.2, 0.25) is 0 Å². The number of ether oxygens (including phenoxy) is 3. The van der Waals surface area contributed by atoms with Crippen molar-refractivity contribution in [3.05, 3.63) is 178 Å². The summed E-state index contributed by atoms with van der Waals surface area (Å²) in [6.45, 7) is 16.5. The fourth-order valence-electron chi connectivity index (χ4n) is 8.92. The van der Waals surface area contributed by atoms with Crippen LogP contribution < -0.4 is 10.8 Å². The van der Waals surface area contributed by atoms with Gasteiger partial charge >= 0.3 is 11.9 Å². The van der Waals surface area contributed by atoms with Crippen molar-refractivity contribution >= 4 is 17.9 Å². The van der Waals surface area contributed by atoms with Crippen LogP contribution in [-0.2, 0) is 28.6 Å². The van der Waals surface area contributed by atoms with Crippen LogP contribution in [0.15, 0.2) is 133 Å². The van der Waals surface area contributed by atoms with Gasteiger partial charge in [-0.25, -0.2) is 0 Å². The third-order valence-electron chi connectivity index (χ3n) is 13.1. The van der Waals surface area contributed by atoms with E-state index in [0.29, 0.717) is 51.6 Å². The number of hydrogen-bond donors (Lipinski definition) is 3. The molecule has 0 spiro atoms. The Labute approximate surface area is 411 Å². The van der Waals surface area contributed by atoms with Crippen molar-refractivity contribution in [3.63, 3.8) is 0 Å². The molecule has 4 atom stereocenters. The SMILES string of the molecule is CC(C)c1ccccc1.C[C@H]([NH3+])c1ccccc1.Cc1ccc(C(C(=O)O)C2CCOCC2)cc1.Cc1ccc([C@@H](C(=O)O)C2CCOCC2)cc1.Cc1ccc([C@@H](C(=O)[O-])C2CCOCC2)cc1. The molecule has 0 bridgehead atoms. The lowest BCUT2D eigenvalue weighted by atomic mass is 9.81. The maximum absolute atomic E-state index is 11.4. The maximum Gasteiger partial charge on any atom is 0.311 e. The average Bonchev–Trinajstić information content (AvgIpc) is 3.36. The van der Waals surface area contributed by atoms with E-state index >= 15 is 0 Å². The van der Waals surface area contributed by atoms with Crippen LogP contribution in [-0.4, -0.2) is 67.8 Å². The molecular formula is C59H77NO9. The lowest BCUT2D eigenvalue weighted by Crippen LogP contribution is -2.51. The molecule has 5 N–H and O–H groups in total. The number of hydrogen-bond acceptors (Lipinski definition) is 7. The summed E-state index contributed by atoms with van der Waals surface area (Å²) in [6, 6.07) is 44.5. The van der Waals surface area contributed by atoms with Gasteiger partial charge in [0, 0.05) is 57.1 Å². The Morgan fingerprint density at radius 3 is 0.957 bits per heavy atom. The van der Waals surface area contributed by atoms with Crippen LogP contribution in [0.3, 0.4) is 0 Å². The monoisotopic (exact) mass is 944 g/mol. The van der Waals surface area contributed by atoms with Gasteiger partial charge in [0.1, 0.15) is 6.04 Å². The smallest absolute Gasteiger partial charge is 0.311 e. The van der Waals surface area contributed by atoms with Crippen molar-refractivity contribution in [2.24, 2.45) is 17.8 Å². The van der Waals surface area contributed by atoms with Crippen LogP contribution in [0.4, 0.5) is 0 Å². The van der Waals surface area contributed by atoms with Crippen LogP contribution in [0, 0.1) is 38.5 Å². The molecule has 0 radical (unpaired) electrons. The van der Waals surface area contributed by atoms with Gasteiger partial charge in [-0.05, 0) is 112 Å². The van der Waals surface area contributed by atoms with Crippen molar-refractivity contribution in [3.8, 4) is 0 Å². The zero-order valence-corrected chi connectivity index (χ0v) is 41.8. The van der Waals surface area contributed by atoms with E-state index in [1.165, 1.54) is 11.1 Å². The minimum atomic E-state index is -0.972. The molecule has 372 valence electrons. The zero-order valence-electron chi connectivity index (χ0n) is 41.8. The zero-order chi connectivity index (χ0) is 50.1. The Morgan fingerprint density at radius 1 is 0.449 bits per heavy atom. The third kappa shape index (κ3) is 19.3. The molecule has 0 aromatic heterocycles. The Morgan fingerprint density at radius 2 is 0.725 bits per heavy atom. The number of carboxylic acids is 3. The predicted molar refractivity (Wildman–Crippen MR) is 271 cm³/mol. The molecule has 1 unspecified atom stereocenters. The standard InChI is InChI=1S/3C14H18O3.C9H12.C8H11N/c3*1-10-2-4-11(5-3-10)13(14(15)16)12-6-8-17-9-7-12;1-8(2)9-6-4-3-5-7-9;1-7(9)8-5-3-2-4-6-8/h3*2-5,12-13H,6-9H2,1H3,(H,15,16);3-8H,1-2H3;2-7H,9H2,1H3/t2*13-;;;7-/m11..0/s1. The molecule has 8 rings (SSSR count). The molecule has 3 aliphatic rings. The highest BCUT2D eigenvalue weighted by atomic mass is 16.5. The number of rotatable bonds is 11. The summed E-state index contributed by atoms with van der Waals surface area (Å²) < 4.78 is 15.9. The minimum Gasteiger partial charge on any atom is -0.549 e. The number of quaternary nitrogens is 1. The van der Waals surface area contributed by atoms with E-state index in [2.05, 4.69) is 62.9 Å². The number of carbonyl (C=O) groups excluding carboxylic acids is 1. The molecule has 10 nitrogen and oxygen atoms in total. The van der Waals surface area contributed by atoms with Gasteiger partial charge < -0.3 is 40.1 Å². The lowest BCUT2D eigenvalue weighted by molar-refractivity contribution is -0.420. The first-order valence-electron chi connectivity index (χ1n) is 24.7. The van der Waals surface area contributed by atoms with E-state index in [1.807, 2.05) is 118 Å². The molecule has 0 aliphatic carbocycles. The third-order valence-corrected chi connectivity index (χ3v) is 13.1. The molecule has 5 aromatic rings. The minimum absolute atomic E-state index is 0.136. The van der Waals surface area contributed by atoms with E-state index in [9.17, 15) is 29.7 Å². The molecular weight excluding hydrogens is 867 g/mol. The quantitative estimate of drug-likeness (QED) is 0.117. The molecule has 3 fully saturated rings. The molecule has 0 saturated carbocycles. The molecule has 0 amide bonds. The Hall–Kier alpha value is -5.65. The van der Waals surface area contributed by atoms with Gasteiger partial charge in [-0.1, -0.05) is 164 Å². The Balaban J connectivity index is 0.000000193. The second kappa shape index (κ2) is 30.1. The number of aliphatic carboxylic acids is 3. The topological polar surface area (TPSA) is 170 Å². The Bertz CT molecular complexity index is 1970. The van der Waals surface area contributed by atoms with E-state index < -0.39 is 23.8 Å². The van der Waals surface area contributed by atoms with Gasteiger partial charge in [0.05, 0.1) is 11.8 Å². The van der Waals surface area contributed by atoms with Crippen molar-refractivity contribution in [2.75, 3.05) is 39.6 Å². The largest absolute Gasteiger partial charge is 0.549 e. The van der Waals surface area contributed by atoms with Crippen LogP contribution in [0.5, 0.6) is 0 Å². The van der Waals surface area contributed by atoms with Crippen molar-refractivity contribution in [1.82, 2.24) is 0 Å². The normalized spacial score (nSPS) is 17.0.